The Bertz CT molecular complexity index is 1070. The molecule has 0 atom stereocenters. The van der Waals surface area contributed by atoms with Gasteiger partial charge >= 0.3 is 0 Å². The normalized spacial score (nSPS) is 10.6. The number of aryl methyl sites for hydroxylation is 4. The summed E-state index contributed by atoms with van der Waals surface area (Å²) in [6, 6.07) is 12.0. The van der Waals surface area contributed by atoms with Gasteiger partial charge in [0, 0.05) is 11.4 Å². The summed E-state index contributed by atoms with van der Waals surface area (Å²) in [5.41, 5.74) is 6.03. The van der Waals surface area contributed by atoms with Gasteiger partial charge < -0.3 is 16.0 Å². The number of carbonyl (C=O) groups is 2. The fourth-order valence-electron chi connectivity index (χ4n) is 3.08. The van der Waals surface area contributed by atoms with Crippen LogP contribution in [0.25, 0.3) is 0 Å². The molecule has 0 radical (unpaired) electrons. The molecule has 2 aromatic carbocycles. The van der Waals surface area contributed by atoms with Crippen molar-refractivity contribution in [1.29, 1.82) is 0 Å². The fraction of sp³-hybridized carbons (Fsp3) is 0.273. The molecule has 1 heterocycles. The van der Waals surface area contributed by atoms with E-state index < -0.39 is 0 Å². The number of hydrogen-bond donors (Lipinski definition) is 3. The van der Waals surface area contributed by atoms with Crippen molar-refractivity contribution in [3.63, 3.8) is 0 Å². The highest BCUT2D eigenvalue weighted by molar-refractivity contribution is 8.01. The van der Waals surface area contributed by atoms with Gasteiger partial charge in [0.25, 0.3) is 0 Å². The number of aromatic nitrogens is 2. The molecule has 0 aliphatic carbocycles. The summed E-state index contributed by atoms with van der Waals surface area (Å²) in [7, 11) is 0. The third kappa shape index (κ3) is 6.80. The summed E-state index contributed by atoms with van der Waals surface area (Å²) in [6.45, 7) is 7.87. The molecule has 3 aromatic rings. The first kappa shape index (κ1) is 22.8. The van der Waals surface area contributed by atoms with Crippen LogP contribution in [0, 0.1) is 27.7 Å². The molecule has 0 fully saturated rings. The molecule has 3 rings (SSSR count). The molecule has 0 unspecified atom stereocenters. The fourth-order valence-corrected chi connectivity index (χ4v) is 4.68. The Morgan fingerprint density at radius 3 is 2.42 bits per heavy atom. The molecule has 0 saturated heterocycles. The van der Waals surface area contributed by atoms with Gasteiger partial charge in [0.15, 0.2) is 4.34 Å². The minimum Gasteiger partial charge on any atom is -0.346 e. The first-order valence-corrected chi connectivity index (χ1v) is 11.5. The van der Waals surface area contributed by atoms with Gasteiger partial charge in [-0.15, -0.1) is 10.2 Å². The minimum atomic E-state index is -0.256. The third-order valence-corrected chi connectivity index (χ3v) is 6.36. The molecule has 0 aliphatic rings. The van der Waals surface area contributed by atoms with Gasteiger partial charge in [-0.3, -0.25) is 9.59 Å². The maximum Gasteiger partial charge on any atom is 0.243 e. The van der Waals surface area contributed by atoms with E-state index in [0.717, 1.165) is 33.6 Å². The van der Waals surface area contributed by atoms with E-state index in [1.807, 2.05) is 64.1 Å². The van der Waals surface area contributed by atoms with Crippen molar-refractivity contribution < 1.29 is 9.59 Å². The Kier molecular flexibility index (Phi) is 7.64. The van der Waals surface area contributed by atoms with E-state index in [2.05, 4.69) is 26.1 Å². The van der Waals surface area contributed by atoms with Crippen molar-refractivity contribution >= 4 is 51.4 Å². The maximum absolute atomic E-state index is 12.2. The van der Waals surface area contributed by atoms with Crippen molar-refractivity contribution in [3.8, 4) is 0 Å². The lowest BCUT2D eigenvalue weighted by Crippen LogP contribution is -2.34. The Morgan fingerprint density at radius 1 is 0.968 bits per heavy atom. The first-order chi connectivity index (χ1) is 14.8. The number of rotatable bonds is 8. The number of nitrogens with zero attached hydrogens (tertiary/aromatic N) is 2. The third-order valence-electron chi connectivity index (χ3n) is 4.39. The predicted octanol–water partition coefficient (Wildman–Crippen LogP) is 4.36. The SMILES string of the molecule is Cc1cccc(Nc2nnc(SCC(=O)NCC(=O)Nc3c(C)cc(C)cc3C)s2)c1. The highest BCUT2D eigenvalue weighted by Gasteiger charge is 2.12. The molecule has 0 bridgehead atoms. The van der Waals surface area contributed by atoms with Gasteiger partial charge in [-0.2, -0.15) is 0 Å². The van der Waals surface area contributed by atoms with Crippen LogP contribution in [0.1, 0.15) is 22.3 Å². The maximum atomic E-state index is 12.2. The molecule has 7 nitrogen and oxygen atoms in total. The standard InChI is InChI=1S/C22H25N5O2S2/c1-13-6-5-7-17(10-13)24-21-26-27-22(31-21)30-12-19(29)23-11-18(28)25-20-15(3)8-14(2)9-16(20)4/h5-10H,11-12H2,1-4H3,(H,23,29)(H,24,26)(H,25,28). The zero-order chi connectivity index (χ0) is 22.4. The summed E-state index contributed by atoms with van der Waals surface area (Å²) < 4.78 is 0.681. The van der Waals surface area contributed by atoms with E-state index in [1.54, 1.807) is 0 Å². The Labute approximate surface area is 190 Å². The summed E-state index contributed by atoms with van der Waals surface area (Å²) in [6.07, 6.45) is 0. The highest BCUT2D eigenvalue weighted by Crippen LogP contribution is 2.27. The van der Waals surface area contributed by atoms with Crippen LogP contribution in [0.2, 0.25) is 0 Å². The van der Waals surface area contributed by atoms with Crippen molar-refractivity contribution in [2.45, 2.75) is 32.0 Å². The largest absolute Gasteiger partial charge is 0.346 e. The summed E-state index contributed by atoms with van der Waals surface area (Å²) >= 11 is 2.66. The van der Waals surface area contributed by atoms with Gasteiger partial charge in [0.2, 0.25) is 16.9 Å². The van der Waals surface area contributed by atoms with Crippen molar-refractivity contribution in [2.24, 2.45) is 0 Å². The summed E-state index contributed by atoms with van der Waals surface area (Å²) in [4.78, 5) is 24.3. The number of hydrogen-bond acceptors (Lipinski definition) is 7. The second-order valence-corrected chi connectivity index (χ2v) is 9.45. The van der Waals surface area contributed by atoms with Crippen LogP contribution in [0.15, 0.2) is 40.7 Å². The molecule has 3 N–H and O–H groups in total. The smallest absolute Gasteiger partial charge is 0.243 e. The number of nitrogens with one attached hydrogen (secondary N) is 3. The number of benzene rings is 2. The zero-order valence-electron chi connectivity index (χ0n) is 17.9. The van der Waals surface area contributed by atoms with Gasteiger partial charge in [-0.1, -0.05) is 52.9 Å². The molecule has 0 spiro atoms. The average molecular weight is 456 g/mol. The summed E-state index contributed by atoms with van der Waals surface area (Å²) in [5, 5.41) is 17.6. The number of thioether (sulfide) groups is 1. The van der Waals surface area contributed by atoms with Gasteiger partial charge in [-0.25, -0.2) is 0 Å². The lowest BCUT2D eigenvalue weighted by Gasteiger charge is -2.13. The van der Waals surface area contributed by atoms with Crippen molar-refractivity contribution in [3.05, 3.63) is 58.7 Å². The Hall–Kier alpha value is -2.91. The second kappa shape index (κ2) is 10.4. The van der Waals surface area contributed by atoms with Gasteiger partial charge in [0.1, 0.15) is 0 Å². The van der Waals surface area contributed by atoms with E-state index in [0.29, 0.717) is 9.47 Å². The zero-order valence-corrected chi connectivity index (χ0v) is 19.5. The Morgan fingerprint density at radius 2 is 1.71 bits per heavy atom. The molecule has 0 aliphatic heterocycles. The minimum absolute atomic E-state index is 0.0809. The molecule has 0 saturated carbocycles. The monoisotopic (exact) mass is 455 g/mol. The van der Waals surface area contributed by atoms with E-state index in [-0.39, 0.29) is 24.1 Å². The van der Waals surface area contributed by atoms with Gasteiger partial charge in [-0.05, 0) is 56.5 Å². The lowest BCUT2D eigenvalue weighted by molar-refractivity contribution is -0.122. The van der Waals surface area contributed by atoms with E-state index in [1.165, 1.54) is 23.1 Å². The first-order valence-electron chi connectivity index (χ1n) is 9.74. The predicted molar refractivity (Wildman–Crippen MR) is 127 cm³/mol. The molecule has 162 valence electrons. The van der Waals surface area contributed by atoms with Crippen LogP contribution in [0.3, 0.4) is 0 Å². The summed E-state index contributed by atoms with van der Waals surface area (Å²) in [5.74, 6) is -0.329. The number of amides is 2. The average Bonchev–Trinajstić information content (AvgIpc) is 3.15. The lowest BCUT2D eigenvalue weighted by atomic mass is 10.1. The van der Waals surface area contributed by atoms with Crippen LogP contribution in [0.5, 0.6) is 0 Å². The highest BCUT2D eigenvalue weighted by atomic mass is 32.2. The molecule has 31 heavy (non-hydrogen) atoms. The molecule has 9 heteroatoms. The molecular weight excluding hydrogens is 430 g/mol. The van der Waals surface area contributed by atoms with Crippen LogP contribution in [-0.4, -0.2) is 34.3 Å². The van der Waals surface area contributed by atoms with Gasteiger partial charge in [0.05, 0.1) is 12.3 Å². The van der Waals surface area contributed by atoms with E-state index >= 15 is 0 Å². The molecule has 1 aromatic heterocycles. The van der Waals surface area contributed by atoms with Crippen molar-refractivity contribution in [2.75, 3.05) is 22.9 Å². The van der Waals surface area contributed by atoms with Crippen LogP contribution >= 0.6 is 23.1 Å². The topological polar surface area (TPSA) is 96.0 Å². The Balaban J connectivity index is 1.43. The molecular formula is C22H25N5O2S2. The molecule has 2 amide bonds. The van der Waals surface area contributed by atoms with Crippen LogP contribution < -0.4 is 16.0 Å². The second-order valence-electron chi connectivity index (χ2n) is 7.25. The van der Waals surface area contributed by atoms with E-state index in [9.17, 15) is 9.59 Å². The van der Waals surface area contributed by atoms with Crippen LogP contribution in [-0.2, 0) is 9.59 Å². The van der Waals surface area contributed by atoms with Crippen molar-refractivity contribution in [1.82, 2.24) is 15.5 Å². The number of anilines is 3. The van der Waals surface area contributed by atoms with Crippen LogP contribution in [0.4, 0.5) is 16.5 Å². The van der Waals surface area contributed by atoms with E-state index in [4.69, 9.17) is 0 Å². The quantitative estimate of drug-likeness (QED) is 0.437. The number of carbonyl (C=O) groups excluding carboxylic acids is 2.